The van der Waals surface area contributed by atoms with Gasteiger partial charge in [0.2, 0.25) is 0 Å². The van der Waals surface area contributed by atoms with Gasteiger partial charge in [-0.15, -0.1) is 0 Å². The molecule has 2 aromatic heterocycles. The lowest BCUT2D eigenvalue weighted by Crippen LogP contribution is -2.28. The molecule has 7 nitrogen and oxygen atoms in total. The predicted molar refractivity (Wildman–Crippen MR) is 114 cm³/mol. The average molecular weight is 422 g/mol. The highest BCUT2D eigenvalue weighted by molar-refractivity contribution is 5.91. The third-order valence-corrected chi connectivity index (χ3v) is 4.63. The number of nitrogens with zero attached hydrogens (tertiary/aromatic N) is 4. The summed E-state index contributed by atoms with van der Waals surface area (Å²) in [5.74, 6) is 0.943. The Morgan fingerprint density at radius 2 is 1.84 bits per heavy atom. The number of hydrogen-bond acceptors (Lipinski definition) is 5. The summed E-state index contributed by atoms with van der Waals surface area (Å²) < 4.78 is 28.3. The molecule has 2 aromatic carbocycles. The number of carbonyl (C=O) groups is 1. The van der Waals surface area contributed by atoms with E-state index in [4.69, 9.17) is 9.47 Å². The monoisotopic (exact) mass is 422 g/mol. The highest BCUT2D eigenvalue weighted by Gasteiger charge is 2.22. The van der Waals surface area contributed by atoms with Crippen LogP contribution in [-0.4, -0.2) is 31.0 Å². The number of aryl methyl sites for hydroxylation is 1. The van der Waals surface area contributed by atoms with Gasteiger partial charge < -0.3 is 9.47 Å². The van der Waals surface area contributed by atoms with E-state index in [0.717, 1.165) is 16.8 Å². The molecule has 160 valence electrons. The second-order valence-corrected chi connectivity index (χ2v) is 8.17. The van der Waals surface area contributed by atoms with Gasteiger partial charge in [0.15, 0.2) is 5.82 Å². The Hall–Kier alpha value is -3.68. The first-order valence-electron chi connectivity index (χ1n) is 9.82. The molecule has 0 saturated heterocycles. The molecule has 4 rings (SSSR count). The Labute approximate surface area is 179 Å². The smallest absolute Gasteiger partial charge is 0.419 e. The van der Waals surface area contributed by atoms with Crippen molar-refractivity contribution in [2.24, 2.45) is 7.05 Å². The molecule has 0 atom stereocenters. The fraction of sp³-hybridized carbons (Fsp3) is 0.261. The van der Waals surface area contributed by atoms with E-state index in [2.05, 4.69) is 10.1 Å². The van der Waals surface area contributed by atoms with Crippen molar-refractivity contribution in [2.45, 2.75) is 33.0 Å². The van der Waals surface area contributed by atoms with Crippen molar-refractivity contribution in [2.75, 3.05) is 0 Å². The van der Waals surface area contributed by atoms with Crippen LogP contribution in [0.4, 0.5) is 9.18 Å². The standard InChI is InChI=1S/C23H23FN4O3/c1-23(2,3)31-22(29)28-18(11-16-5-8-17(24)12-20(16)28)13-30-19-9-6-15(7-10-19)21-25-14-26-27(21)4/h5-12,14H,13H2,1-4H3. The molecule has 0 N–H and O–H groups in total. The number of rotatable bonds is 4. The number of fused-ring (bicyclic) bond motifs is 1. The molecule has 2 heterocycles. The van der Waals surface area contributed by atoms with Crippen molar-refractivity contribution < 1.29 is 18.7 Å². The summed E-state index contributed by atoms with van der Waals surface area (Å²) >= 11 is 0. The average Bonchev–Trinajstić information content (AvgIpc) is 3.28. The zero-order valence-corrected chi connectivity index (χ0v) is 17.8. The van der Waals surface area contributed by atoms with E-state index in [1.165, 1.54) is 23.0 Å². The summed E-state index contributed by atoms with van der Waals surface area (Å²) in [6.07, 6.45) is 0.919. The Kier molecular flexibility index (Phi) is 5.22. The van der Waals surface area contributed by atoms with E-state index in [-0.39, 0.29) is 6.61 Å². The van der Waals surface area contributed by atoms with Gasteiger partial charge in [-0.1, -0.05) is 0 Å². The predicted octanol–water partition coefficient (Wildman–Crippen LogP) is 4.94. The molecule has 0 amide bonds. The largest absolute Gasteiger partial charge is 0.487 e. The Balaban J connectivity index is 1.60. The van der Waals surface area contributed by atoms with E-state index >= 15 is 0 Å². The molecule has 31 heavy (non-hydrogen) atoms. The van der Waals surface area contributed by atoms with Crippen molar-refractivity contribution in [3.63, 3.8) is 0 Å². The van der Waals surface area contributed by atoms with E-state index in [0.29, 0.717) is 17.0 Å². The highest BCUT2D eigenvalue weighted by atomic mass is 19.1. The van der Waals surface area contributed by atoms with Crippen molar-refractivity contribution in [3.8, 4) is 17.1 Å². The number of hydrogen-bond donors (Lipinski definition) is 0. The molecular weight excluding hydrogens is 399 g/mol. The van der Waals surface area contributed by atoms with Gasteiger partial charge in [-0.3, -0.25) is 0 Å². The van der Waals surface area contributed by atoms with Crippen LogP contribution >= 0.6 is 0 Å². The summed E-state index contributed by atoms with van der Waals surface area (Å²) in [7, 11) is 1.82. The maximum absolute atomic E-state index is 13.9. The third-order valence-electron chi connectivity index (χ3n) is 4.63. The first-order chi connectivity index (χ1) is 14.7. The van der Waals surface area contributed by atoms with Gasteiger partial charge in [0.1, 0.15) is 30.1 Å². The fourth-order valence-corrected chi connectivity index (χ4v) is 3.28. The van der Waals surface area contributed by atoms with Crippen LogP contribution in [0.3, 0.4) is 0 Å². The second kappa shape index (κ2) is 7.86. The molecule has 8 heteroatoms. The van der Waals surface area contributed by atoms with Crippen molar-refractivity contribution in [1.29, 1.82) is 0 Å². The molecule has 4 aromatic rings. The van der Waals surface area contributed by atoms with E-state index in [1.54, 1.807) is 37.6 Å². The van der Waals surface area contributed by atoms with Crippen molar-refractivity contribution >= 4 is 17.0 Å². The van der Waals surface area contributed by atoms with Crippen LogP contribution in [0, 0.1) is 5.82 Å². The van der Waals surface area contributed by atoms with Crippen LogP contribution in [-0.2, 0) is 18.4 Å². The first-order valence-corrected chi connectivity index (χ1v) is 9.82. The summed E-state index contributed by atoms with van der Waals surface area (Å²) in [6, 6.07) is 13.5. The molecule has 0 aliphatic heterocycles. The van der Waals surface area contributed by atoms with Gasteiger partial charge in [-0.2, -0.15) is 5.10 Å². The van der Waals surface area contributed by atoms with Gasteiger partial charge in [-0.05, 0) is 69.3 Å². The topological polar surface area (TPSA) is 71.2 Å². The number of ether oxygens (including phenoxy) is 2. The third kappa shape index (κ3) is 4.42. The molecule has 0 aliphatic carbocycles. The summed E-state index contributed by atoms with van der Waals surface area (Å²) in [6.45, 7) is 5.46. The normalized spacial score (nSPS) is 11.6. The molecule has 0 bridgehead atoms. The minimum atomic E-state index is -0.686. The number of carbonyl (C=O) groups excluding carboxylic acids is 1. The first kappa shape index (κ1) is 20.6. The minimum Gasteiger partial charge on any atom is -0.487 e. The molecule has 0 fully saturated rings. The summed E-state index contributed by atoms with van der Waals surface area (Å²) in [5.41, 5.74) is 1.22. The second-order valence-electron chi connectivity index (χ2n) is 8.17. The van der Waals surface area contributed by atoms with Crippen LogP contribution < -0.4 is 4.74 Å². The number of benzene rings is 2. The maximum Gasteiger partial charge on any atom is 0.419 e. The number of aromatic nitrogens is 4. The van der Waals surface area contributed by atoms with E-state index in [9.17, 15) is 9.18 Å². The quantitative estimate of drug-likeness (QED) is 0.466. The van der Waals surface area contributed by atoms with Crippen molar-refractivity contribution in [3.05, 3.63) is 66.4 Å². The Bertz CT molecular complexity index is 1240. The molecule has 0 spiro atoms. The lowest BCUT2D eigenvalue weighted by Gasteiger charge is -2.21. The molecule has 0 saturated carbocycles. The van der Waals surface area contributed by atoms with Crippen LogP contribution in [0.15, 0.2) is 54.9 Å². The fourth-order valence-electron chi connectivity index (χ4n) is 3.28. The van der Waals surface area contributed by atoms with Crippen molar-refractivity contribution in [1.82, 2.24) is 19.3 Å². The lowest BCUT2D eigenvalue weighted by atomic mass is 10.2. The van der Waals surface area contributed by atoms with E-state index in [1.807, 2.05) is 31.3 Å². The van der Waals surface area contributed by atoms with E-state index < -0.39 is 17.5 Å². The summed E-state index contributed by atoms with van der Waals surface area (Å²) in [4.78, 5) is 17.1. The number of halogens is 1. The molecule has 0 unspecified atom stereocenters. The maximum atomic E-state index is 13.9. The van der Waals surface area contributed by atoms with Gasteiger partial charge in [0, 0.05) is 18.0 Å². The zero-order chi connectivity index (χ0) is 22.2. The highest BCUT2D eigenvalue weighted by Crippen LogP contribution is 2.25. The SMILES string of the molecule is Cn1ncnc1-c1ccc(OCc2cc3ccc(F)cc3n2C(=O)OC(C)(C)C)cc1. The molecule has 0 radical (unpaired) electrons. The van der Waals surface area contributed by atoms with Crippen LogP contribution in [0.25, 0.3) is 22.3 Å². The summed E-state index contributed by atoms with van der Waals surface area (Å²) in [5, 5.41) is 4.80. The van der Waals surface area contributed by atoms with Gasteiger partial charge in [-0.25, -0.2) is 23.4 Å². The van der Waals surface area contributed by atoms with Gasteiger partial charge in [0.25, 0.3) is 0 Å². The van der Waals surface area contributed by atoms with Crippen LogP contribution in [0.5, 0.6) is 5.75 Å². The Morgan fingerprint density at radius 3 is 2.48 bits per heavy atom. The van der Waals surface area contributed by atoms with Gasteiger partial charge in [0.05, 0.1) is 11.2 Å². The molecular formula is C23H23FN4O3. The lowest BCUT2D eigenvalue weighted by molar-refractivity contribution is 0.0535. The Morgan fingerprint density at radius 1 is 1.10 bits per heavy atom. The van der Waals surface area contributed by atoms with Gasteiger partial charge >= 0.3 is 6.09 Å². The van der Waals surface area contributed by atoms with Crippen LogP contribution in [0.2, 0.25) is 0 Å². The zero-order valence-electron chi connectivity index (χ0n) is 17.8. The van der Waals surface area contributed by atoms with Crippen LogP contribution in [0.1, 0.15) is 26.5 Å². The molecule has 0 aliphatic rings. The minimum absolute atomic E-state index is 0.110.